The zero-order valence-corrected chi connectivity index (χ0v) is 12.8. The van der Waals surface area contributed by atoms with Crippen molar-refractivity contribution in [3.05, 3.63) is 24.3 Å². The number of carbonyl (C=O) groups is 2. The molecule has 1 rings (SSSR count). The maximum absolute atomic E-state index is 11.6. The van der Waals surface area contributed by atoms with Crippen molar-refractivity contribution in [3.8, 4) is 0 Å². The molecule has 0 radical (unpaired) electrons. The molecule has 5 heteroatoms. The quantitative estimate of drug-likeness (QED) is 0.644. The fourth-order valence-corrected chi connectivity index (χ4v) is 1.87. The van der Waals surface area contributed by atoms with Crippen molar-refractivity contribution in [2.45, 2.75) is 39.5 Å². The largest absolute Gasteiger partial charge is 0.330 e. The van der Waals surface area contributed by atoms with Crippen LogP contribution in [-0.4, -0.2) is 18.4 Å². The molecule has 0 fully saturated rings. The first kappa shape index (κ1) is 17.2. The lowest BCUT2D eigenvalue weighted by molar-refractivity contribution is -0.117. The Balaban J connectivity index is 2.43. The van der Waals surface area contributed by atoms with E-state index in [-0.39, 0.29) is 11.8 Å². The Morgan fingerprint density at radius 2 is 1.52 bits per heavy atom. The zero-order valence-electron chi connectivity index (χ0n) is 12.8. The topological polar surface area (TPSA) is 84.2 Å². The Labute approximate surface area is 126 Å². The highest BCUT2D eigenvalue weighted by Crippen LogP contribution is 2.15. The molecule has 4 N–H and O–H groups in total. The fourth-order valence-electron chi connectivity index (χ4n) is 1.87. The van der Waals surface area contributed by atoms with Gasteiger partial charge < -0.3 is 16.4 Å². The summed E-state index contributed by atoms with van der Waals surface area (Å²) in [6.07, 6.45) is 2.63. The van der Waals surface area contributed by atoms with Gasteiger partial charge in [-0.15, -0.1) is 0 Å². The molecule has 0 bridgehead atoms. The molecule has 0 unspecified atom stereocenters. The van der Waals surface area contributed by atoms with Crippen LogP contribution in [0, 0.1) is 5.92 Å². The summed E-state index contributed by atoms with van der Waals surface area (Å²) in [6, 6.07) is 7.14. The molecule has 5 nitrogen and oxygen atoms in total. The lowest BCUT2D eigenvalue weighted by Gasteiger charge is -2.09. The number of benzene rings is 1. The molecule has 0 spiro atoms. The normalized spacial score (nSPS) is 10.5. The Morgan fingerprint density at radius 1 is 1.00 bits per heavy atom. The second-order valence-corrected chi connectivity index (χ2v) is 5.52. The Morgan fingerprint density at radius 3 is 2.00 bits per heavy atom. The molecule has 2 amide bonds. The maximum Gasteiger partial charge on any atom is 0.224 e. The highest BCUT2D eigenvalue weighted by molar-refractivity contribution is 5.92. The van der Waals surface area contributed by atoms with Crippen LogP contribution in [0.15, 0.2) is 24.3 Å². The van der Waals surface area contributed by atoms with Gasteiger partial charge in [-0.3, -0.25) is 9.59 Å². The Hall–Kier alpha value is -1.88. The van der Waals surface area contributed by atoms with Crippen LogP contribution in [0.25, 0.3) is 0 Å². The van der Waals surface area contributed by atoms with E-state index in [4.69, 9.17) is 5.73 Å². The van der Waals surface area contributed by atoms with Gasteiger partial charge in [-0.25, -0.2) is 0 Å². The lowest BCUT2D eigenvalue weighted by Crippen LogP contribution is -2.14. The number of nitrogens with one attached hydrogen (secondary N) is 2. The molecule has 0 saturated carbocycles. The van der Waals surface area contributed by atoms with Crippen LogP contribution in [0.4, 0.5) is 11.4 Å². The maximum atomic E-state index is 11.6. The molecule has 1 aromatic carbocycles. The highest BCUT2D eigenvalue weighted by Gasteiger charge is 2.06. The average Bonchev–Trinajstić information content (AvgIpc) is 2.40. The standard InChI is InChI=1S/C16H25N3O2/c1-12(2)11-16(21)19-14-8-6-13(7-9-14)18-15(20)5-3-4-10-17/h6-9,12H,3-5,10-11,17H2,1-2H3,(H,18,20)(H,19,21). The van der Waals surface area contributed by atoms with Crippen LogP contribution >= 0.6 is 0 Å². The van der Waals surface area contributed by atoms with Crippen molar-refractivity contribution in [1.29, 1.82) is 0 Å². The third kappa shape index (κ3) is 7.46. The van der Waals surface area contributed by atoms with Crippen molar-refractivity contribution < 1.29 is 9.59 Å². The van der Waals surface area contributed by atoms with E-state index in [1.165, 1.54) is 0 Å². The van der Waals surface area contributed by atoms with Gasteiger partial charge in [-0.2, -0.15) is 0 Å². The first-order chi connectivity index (χ1) is 10.0. The summed E-state index contributed by atoms with van der Waals surface area (Å²) in [5.74, 6) is 0.320. The monoisotopic (exact) mass is 291 g/mol. The summed E-state index contributed by atoms with van der Waals surface area (Å²) in [5.41, 5.74) is 6.86. The van der Waals surface area contributed by atoms with E-state index in [1.54, 1.807) is 24.3 Å². The zero-order chi connectivity index (χ0) is 15.7. The fraction of sp³-hybridized carbons (Fsp3) is 0.500. The molecule has 0 aliphatic heterocycles. The number of anilines is 2. The summed E-state index contributed by atoms with van der Waals surface area (Å²) in [5, 5.41) is 5.65. The van der Waals surface area contributed by atoms with Crippen LogP contribution in [0.2, 0.25) is 0 Å². The van der Waals surface area contributed by atoms with Gasteiger partial charge in [0.05, 0.1) is 0 Å². The van der Waals surface area contributed by atoms with Crippen LogP contribution in [0.5, 0.6) is 0 Å². The number of hydrogen-bond acceptors (Lipinski definition) is 3. The van der Waals surface area contributed by atoms with Crippen molar-refractivity contribution >= 4 is 23.2 Å². The average molecular weight is 291 g/mol. The van der Waals surface area contributed by atoms with Crippen molar-refractivity contribution in [1.82, 2.24) is 0 Å². The summed E-state index contributed by atoms with van der Waals surface area (Å²) < 4.78 is 0. The molecular formula is C16H25N3O2. The number of rotatable bonds is 8. The van der Waals surface area contributed by atoms with Gasteiger partial charge in [0.15, 0.2) is 0 Å². The molecule has 1 aromatic rings. The van der Waals surface area contributed by atoms with Gasteiger partial charge in [0.2, 0.25) is 11.8 Å². The SMILES string of the molecule is CC(C)CC(=O)Nc1ccc(NC(=O)CCCCN)cc1. The van der Waals surface area contributed by atoms with E-state index >= 15 is 0 Å². The predicted octanol–water partition coefficient (Wildman–Crippen LogP) is 2.74. The first-order valence-electron chi connectivity index (χ1n) is 7.41. The second kappa shape index (κ2) is 9.13. The summed E-state index contributed by atoms with van der Waals surface area (Å²) in [7, 11) is 0. The summed E-state index contributed by atoms with van der Waals surface area (Å²) in [4.78, 5) is 23.3. The molecule has 0 saturated heterocycles. The molecule has 21 heavy (non-hydrogen) atoms. The van der Waals surface area contributed by atoms with E-state index in [2.05, 4.69) is 10.6 Å². The number of amides is 2. The van der Waals surface area contributed by atoms with Crippen LogP contribution in [0.3, 0.4) is 0 Å². The van der Waals surface area contributed by atoms with Gasteiger partial charge in [-0.1, -0.05) is 13.8 Å². The molecular weight excluding hydrogens is 266 g/mol. The summed E-state index contributed by atoms with van der Waals surface area (Å²) >= 11 is 0. The van der Waals surface area contributed by atoms with Gasteiger partial charge in [0.25, 0.3) is 0 Å². The van der Waals surface area contributed by atoms with Gasteiger partial charge in [-0.05, 0) is 49.6 Å². The van der Waals surface area contributed by atoms with Gasteiger partial charge >= 0.3 is 0 Å². The minimum Gasteiger partial charge on any atom is -0.330 e. The molecule has 0 aliphatic carbocycles. The van der Waals surface area contributed by atoms with Gasteiger partial charge in [0, 0.05) is 24.2 Å². The van der Waals surface area contributed by atoms with E-state index in [1.807, 2.05) is 13.8 Å². The number of nitrogens with two attached hydrogens (primary N) is 1. The molecule has 0 atom stereocenters. The molecule has 0 aromatic heterocycles. The van der Waals surface area contributed by atoms with Crippen LogP contribution in [0.1, 0.15) is 39.5 Å². The third-order valence-corrected chi connectivity index (χ3v) is 2.90. The highest BCUT2D eigenvalue weighted by atomic mass is 16.2. The second-order valence-electron chi connectivity index (χ2n) is 5.52. The Bertz CT molecular complexity index is 455. The minimum absolute atomic E-state index is 0.00331. The van der Waals surface area contributed by atoms with E-state index in [0.717, 1.165) is 24.2 Å². The lowest BCUT2D eigenvalue weighted by atomic mass is 10.1. The molecule has 0 heterocycles. The number of unbranched alkanes of at least 4 members (excludes halogenated alkanes) is 1. The number of hydrogen-bond donors (Lipinski definition) is 3. The van der Waals surface area contributed by atoms with Crippen molar-refractivity contribution in [2.24, 2.45) is 11.7 Å². The van der Waals surface area contributed by atoms with Crippen molar-refractivity contribution in [2.75, 3.05) is 17.2 Å². The minimum atomic E-state index is -0.0138. The first-order valence-corrected chi connectivity index (χ1v) is 7.41. The van der Waals surface area contributed by atoms with Crippen LogP contribution in [-0.2, 0) is 9.59 Å². The van der Waals surface area contributed by atoms with E-state index in [9.17, 15) is 9.59 Å². The molecule has 0 aliphatic rings. The Kier molecular flexibility index (Phi) is 7.46. The van der Waals surface area contributed by atoms with E-state index < -0.39 is 0 Å². The van der Waals surface area contributed by atoms with Crippen LogP contribution < -0.4 is 16.4 Å². The van der Waals surface area contributed by atoms with E-state index in [0.29, 0.717) is 25.3 Å². The third-order valence-electron chi connectivity index (χ3n) is 2.90. The number of carbonyl (C=O) groups excluding carboxylic acids is 2. The smallest absolute Gasteiger partial charge is 0.224 e. The van der Waals surface area contributed by atoms with Gasteiger partial charge in [0.1, 0.15) is 0 Å². The summed E-state index contributed by atoms with van der Waals surface area (Å²) in [6.45, 7) is 4.61. The molecule has 116 valence electrons. The predicted molar refractivity (Wildman–Crippen MR) is 86.1 cm³/mol. The van der Waals surface area contributed by atoms with Crippen molar-refractivity contribution in [3.63, 3.8) is 0 Å².